The van der Waals surface area contributed by atoms with Crippen LogP contribution in [0, 0.1) is 23.7 Å². The molecule has 0 heterocycles. The summed E-state index contributed by atoms with van der Waals surface area (Å²) < 4.78 is 0. The highest BCUT2D eigenvalue weighted by Gasteiger charge is 2.66. The quantitative estimate of drug-likeness (QED) is 0.657. The number of hydrogen-bond donors (Lipinski definition) is 1. The van der Waals surface area contributed by atoms with Gasteiger partial charge in [-0.25, -0.2) is 0 Å². The number of fused-ring (bicyclic) bond motifs is 1. The van der Waals surface area contributed by atoms with Crippen molar-refractivity contribution in [2.75, 3.05) is 0 Å². The summed E-state index contributed by atoms with van der Waals surface area (Å²) in [6.07, 6.45) is 8.60. The summed E-state index contributed by atoms with van der Waals surface area (Å²) in [5.41, 5.74) is 6.89. The lowest BCUT2D eigenvalue weighted by atomic mass is 9.89. The Kier molecular flexibility index (Phi) is 1.59. The van der Waals surface area contributed by atoms with Gasteiger partial charge in [0.1, 0.15) is 0 Å². The van der Waals surface area contributed by atoms with E-state index in [1.807, 2.05) is 0 Å². The van der Waals surface area contributed by atoms with E-state index in [9.17, 15) is 0 Å². The SMILES string of the molecule is CC1CCC(C2(N)C3CCCC32)C1. The summed E-state index contributed by atoms with van der Waals surface area (Å²) in [6.45, 7) is 2.39. The van der Waals surface area contributed by atoms with Gasteiger partial charge in [-0.2, -0.15) is 0 Å². The van der Waals surface area contributed by atoms with Gasteiger partial charge >= 0.3 is 0 Å². The molecular weight excluding hydrogens is 158 g/mol. The largest absolute Gasteiger partial charge is 0.324 e. The topological polar surface area (TPSA) is 26.0 Å². The predicted octanol–water partition coefficient (Wildman–Crippen LogP) is 2.55. The molecule has 3 aliphatic carbocycles. The molecule has 2 N–H and O–H groups in total. The molecule has 0 aliphatic heterocycles. The van der Waals surface area contributed by atoms with Crippen molar-refractivity contribution in [2.24, 2.45) is 29.4 Å². The molecule has 13 heavy (non-hydrogen) atoms. The minimum atomic E-state index is 0.322. The van der Waals surface area contributed by atoms with E-state index < -0.39 is 0 Å². The van der Waals surface area contributed by atoms with Gasteiger partial charge in [0.2, 0.25) is 0 Å². The van der Waals surface area contributed by atoms with Crippen LogP contribution in [0.15, 0.2) is 0 Å². The van der Waals surface area contributed by atoms with Crippen molar-refractivity contribution in [1.29, 1.82) is 0 Å². The Hall–Kier alpha value is -0.0400. The maximum absolute atomic E-state index is 6.56. The van der Waals surface area contributed by atoms with Crippen molar-refractivity contribution in [1.82, 2.24) is 0 Å². The summed E-state index contributed by atoms with van der Waals surface area (Å²) in [5, 5.41) is 0. The Labute approximate surface area is 81.1 Å². The van der Waals surface area contributed by atoms with E-state index in [1.165, 1.54) is 38.5 Å². The van der Waals surface area contributed by atoms with Gasteiger partial charge in [-0.3, -0.25) is 0 Å². The van der Waals surface area contributed by atoms with Crippen LogP contribution in [0.3, 0.4) is 0 Å². The smallest absolute Gasteiger partial charge is 0.0246 e. The zero-order valence-electron chi connectivity index (χ0n) is 8.63. The Morgan fingerprint density at radius 3 is 2.31 bits per heavy atom. The van der Waals surface area contributed by atoms with E-state index in [4.69, 9.17) is 5.73 Å². The lowest BCUT2D eigenvalue weighted by Crippen LogP contribution is -2.36. The molecule has 3 fully saturated rings. The Morgan fingerprint density at radius 2 is 1.77 bits per heavy atom. The zero-order valence-corrected chi connectivity index (χ0v) is 8.63. The monoisotopic (exact) mass is 179 g/mol. The maximum Gasteiger partial charge on any atom is 0.0246 e. The number of nitrogens with two attached hydrogens (primary N) is 1. The summed E-state index contributed by atoms with van der Waals surface area (Å²) >= 11 is 0. The van der Waals surface area contributed by atoms with Crippen LogP contribution in [0.25, 0.3) is 0 Å². The second-order valence-electron chi connectivity index (χ2n) is 5.76. The van der Waals surface area contributed by atoms with Gasteiger partial charge in [0.05, 0.1) is 0 Å². The van der Waals surface area contributed by atoms with Crippen molar-refractivity contribution in [2.45, 2.75) is 51.0 Å². The highest BCUT2D eigenvalue weighted by Crippen LogP contribution is 2.65. The van der Waals surface area contributed by atoms with Gasteiger partial charge in [0.25, 0.3) is 0 Å². The molecule has 1 nitrogen and oxygen atoms in total. The molecule has 0 radical (unpaired) electrons. The molecule has 4 atom stereocenters. The van der Waals surface area contributed by atoms with E-state index in [2.05, 4.69) is 6.92 Å². The summed E-state index contributed by atoms with van der Waals surface area (Å²) in [5.74, 6) is 3.70. The Balaban J connectivity index is 1.73. The lowest BCUT2D eigenvalue weighted by Gasteiger charge is -2.23. The molecule has 3 saturated carbocycles. The van der Waals surface area contributed by atoms with E-state index >= 15 is 0 Å². The third-order valence-electron chi connectivity index (χ3n) is 5.09. The molecule has 0 spiro atoms. The van der Waals surface area contributed by atoms with Gasteiger partial charge < -0.3 is 5.73 Å². The minimum absolute atomic E-state index is 0.322. The van der Waals surface area contributed by atoms with Crippen molar-refractivity contribution < 1.29 is 0 Å². The van der Waals surface area contributed by atoms with Crippen molar-refractivity contribution >= 4 is 0 Å². The molecule has 3 rings (SSSR count). The van der Waals surface area contributed by atoms with Crippen LogP contribution in [-0.4, -0.2) is 5.54 Å². The lowest BCUT2D eigenvalue weighted by molar-refractivity contribution is 0.335. The average Bonchev–Trinajstić information content (AvgIpc) is 2.61. The van der Waals surface area contributed by atoms with Crippen molar-refractivity contribution in [3.63, 3.8) is 0 Å². The fourth-order valence-corrected chi connectivity index (χ4v) is 4.31. The van der Waals surface area contributed by atoms with Crippen LogP contribution >= 0.6 is 0 Å². The van der Waals surface area contributed by atoms with Gasteiger partial charge in [0, 0.05) is 5.54 Å². The molecule has 0 saturated heterocycles. The standard InChI is InChI=1S/C12H21N/c1-8-5-6-9(7-8)12(13)10-3-2-4-11(10)12/h8-11H,2-7,13H2,1H3. The van der Waals surface area contributed by atoms with Crippen LogP contribution in [0.5, 0.6) is 0 Å². The first-order chi connectivity index (χ1) is 6.23. The molecule has 74 valence electrons. The summed E-state index contributed by atoms with van der Waals surface area (Å²) in [4.78, 5) is 0. The van der Waals surface area contributed by atoms with Crippen LogP contribution in [0.4, 0.5) is 0 Å². The molecule has 0 aromatic rings. The maximum atomic E-state index is 6.56. The van der Waals surface area contributed by atoms with Crippen molar-refractivity contribution in [3.05, 3.63) is 0 Å². The second kappa shape index (κ2) is 2.50. The highest BCUT2D eigenvalue weighted by molar-refractivity contribution is 5.21. The van der Waals surface area contributed by atoms with Gasteiger partial charge in [0.15, 0.2) is 0 Å². The van der Waals surface area contributed by atoms with E-state index in [-0.39, 0.29) is 0 Å². The first-order valence-corrected chi connectivity index (χ1v) is 6.01. The Morgan fingerprint density at radius 1 is 1.08 bits per heavy atom. The van der Waals surface area contributed by atoms with E-state index in [0.717, 1.165) is 23.7 Å². The van der Waals surface area contributed by atoms with Crippen LogP contribution in [0.1, 0.15) is 45.4 Å². The molecular formula is C12H21N. The highest BCUT2D eigenvalue weighted by atomic mass is 14.9. The van der Waals surface area contributed by atoms with Crippen LogP contribution in [-0.2, 0) is 0 Å². The number of hydrogen-bond acceptors (Lipinski definition) is 1. The van der Waals surface area contributed by atoms with Crippen LogP contribution < -0.4 is 5.73 Å². The predicted molar refractivity (Wildman–Crippen MR) is 54.3 cm³/mol. The molecule has 0 amide bonds. The van der Waals surface area contributed by atoms with Crippen molar-refractivity contribution in [3.8, 4) is 0 Å². The van der Waals surface area contributed by atoms with Gasteiger partial charge in [-0.15, -0.1) is 0 Å². The molecule has 0 aromatic heterocycles. The Bertz CT molecular complexity index is 213. The molecule has 1 heteroatoms. The number of rotatable bonds is 1. The summed E-state index contributed by atoms with van der Waals surface area (Å²) in [7, 11) is 0. The molecule has 0 bridgehead atoms. The van der Waals surface area contributed by atoms with E-state index in [0.29, 0.717) is 5.54 Å². The normalized spacial score (nSPS) is 59.5. The average molecular weight is 179 g/mol. The molecule has 4 unspecified atom stereocenters. The molecule has 3 aliphatic rings. The third kappa shape index (κ3) is 0.971. The minimum Gasteiger partial charge on any atom is -0.324 e. The first-order valence-electron chi connectivity index (χ1n) is 6.01. The molecule has 0 aromatic carbocycles. The van der Waals surface area contributed by atoms with Gasteiger partial charge in [-0.1, -0.05) is 19.8 Å². The van der Waals surface area contributed by atoms with Crippen LogP contribution in [0.2, 0.25) is 0 Å². The first kappa shape index (κ1) is 8.28. The summed E-state index contributed by atoms with van der Waals surface area (Å²) in [6, 6.07) is 0. The van der Waals surface area contributed by atoms with Gasteiger partial charge in [-0.05, 0) is 49.4 Å². The fourth-order valence-electron chi connectivity index (χ4n) is 4.31. The third-order valence-corrected chi connectivity index (χ3v) is 5.09. The second-order valence-corrected chi connectivity index (χ2v) is 5.76. The fraction of sp³-hybridized carbons (Fsp3) is 1.00. The van der Waals surface area contributed by atoms with E-state index in [1.54, 1.807) is 0 Å². The zero-order chi connectivity index (χ0) is 9.05.